The Morgan fingerprint density at radius 2 is 1.65 bits per heavy atom. The number of hydrogen-bond donors (Lipinski definition) is 2. The molecule has 0 aliphatic heterocycles. The molecule has 0 bridgehead atoms. The van der Waals surface area contributed by atoms with Gasteiger partial charge in [-0.05, 0) is 24.3 Å². The molecule has 0 heterocycles. The van der Waals surface area contributed by atoms with Gasteiger partial charge in [0.05, 0.1) is 5.56 Å². The van der Waals surface area contributed by atoms with Gasteiger partial charge in [0.15, 0.2) is 0 Å². The number of halogens is 5. The van der Waals surface area contributed by atoms with Crippen LogP contribution in [-0.4, -0.2) is 24.2 Å². The van der Waals surface area contributed by atoms with Gasteiger partial charge in [-0.25, -0.2) is 8.78 Å². The monoisotopic (exact) mass is 255 g/mol. The minimum atomic E-state index is -4.43. The molecule has 0 spiro atoms. The summed E-state index contributed by atoms with van der Waals surface area (Å²) in [7, 11) is 0. The fraction of sp³-hybridized carbons (Fsp3) is 0.400. The van der Waals surface area contributed by atoms with E-state index in [0.717, 1.165) is 24.3 Å². The summed E-state index contributed by atoms with van der Waals surface area (Å²) in [6.07, 6.45) is -9.17. The van der Waals surface area contributed by atoms with E-state index in [4.69, 9.17) is 5.11 Å². The van der Waals surface area contributed by atoms with Crippen LogP contribution in [0.1, 0.15) is 5.56 Å². The first-order chi connectivity index (χ1) is 7.80. The molecule has 0 amide bonds. The SMILES string of the molecule is OC(CNc1ccc(C(F)(F)F)cc1)C(F)F. The highest BCUT2D eigenvalue weighted by Crippen LogP contribution is 2.29. The zero-order valence-electron chi connectivity index (χ0n) is 8.51. The molecule has 0 aliphatic carbocycles. The Balaban J connectivity index is 2.57. The van der Waals surface area contributed by atoms with Gasteiger partial charge >= 0.3 is 6.18 Å². The zero-order valence-corrected chi connectivity index (χ0v) is 8.51. The number of rotatable bonds is 4. The average molecular weight is 255 g/mol. The fourth-order valence-corrected chi connectivity index (χ4v) is 1.09. The molecule has 7 heteroatoms. The maximum atomic E-state index is 12.2. The molecule has 0 radical (unpaired) electrons. The van der Waals surface area contributed by atoms with Crippen molar-refractivity contribution in [1.82, 2.24) is 0 Å². The number of nitrogens with one attached hydrogen (secondary N) is 1. The largest absolute Gasteiger partial charge is 0.416 e. The first kappa shape index (κ1) is 13.7. The van der Waals surface area contributed by atoms with Crippen LogP contribution in [0.5, 0.6) is 0 Å². The topological polar surface area (TPSA) is 32.3 Å². The highest BCUT2D eigenvalue weighted by molar-refractivity contribution is 5.45. The predicted molar refractivity (Wildman–Crippen MR) is 51.9 cm³/mol. The molecule has 1 rings (SSSR count). The van der Waals surface area contributed by atoms with Gasteiger partial charge in [0, 0.05) is 12.2 Å². The molecule has 0 aliphatic rings. The number of alkyl halides is 5. The quantitative estimate of drug-likeness (QED) is 0.811. The van der Waals surface area contributed by atoms with E-state index >= 15 is 0 Å². The molecule has 2 N–H and O–H groups in total. The summed E-state index contributed by atoms with van der Waals surface area (Å²) in [4.78, 5) is 0. The Labute approximate surface area is 94.1 Å². The van der Waals surface area contributed by atoms with Crippen LogP contribution >= 0.6 is 0 Å². The van der Waals surface area contributed by atoms with E-state index in [1.807, 2.05) is 0 Å². The number of aliphatic hydroxyl groups is 1. The number of anilines is 1. The van der Waals surface area contributed by atoms with Gasteiger partial charge in [0.25, 0.3) is 6.43 Å². The van der Waals surface area contributed by atoms with E-state index < -0.39 is 30.8 Å². The van der Waals surface area contributed by atoms with Crippen LogP contribution in [0.2, 0.25) is 0 Å². The van der Waals surface area contributed by atoms with E-state index in [9.17, 15) is 22.0 Å². The minimum absolute atomic E-state index is 0.234. The van der Waals surface area contributed by atoms with E-state index in [2.05, 4.69) is 5.32 Å². The van der Waals surface area contributed by atoms with Gasteiger partial charge < -0.3 is 10.4 Å². The molecule has 0 saturated carbocycles. The van der Waals surface area contributed by atoms with Crippen LogP contribution in [0.15, 0.2) is 24.3 Å². The molecule has 0 aromatic heterocycles. The Hall–Kier alpha value is -1.37. The van der Waals surface area contributed by atoms with Crippen molar-refractivity contribution in [1.29, 1.82) is 0 Å². The Kier molecular flexibility index (Phi) is 4.28. The molecular formula is C10H10F5NO. The average Bonchev–Trinajstić information content (AvgIpc) is 2.25. The lowest BCUT2D eigenvalue weighted by Crippen LogP contribution is -2.26. The Morgan fingerprint density at radius 3 is 2.06 bits per heavy atom. The maximum Gasteiger partial charge on any atom is 0.416 e. The summed E-state index contributed by atoms with van der Waals surface area (Å²) in [5, 5.41) is 11.2. The minimum Gasteiger partial charge on any atom is -0.385 e. The second-order valence-electron chi connectivity index (χ2n) is 3.36. The van der Waals surface area contributed by atoms with Crippen LogP contribution in [0.4, 0.5) is 27.6 Å². The highest BCUT2D eigenvalue weighted by atomic mass is 19.4. The van der Waals surface area contributed by atoms with E-state index in [0.29, 0.717) is 0 Å². The normalized spacial score (nSPS) is 13.8. The van der Waals surface area contributed by atoms with Crippen LogP contribution in [-0.2, 0) is 6.18 Å². The van der Waals surface area contributed by atoms with Gasteiger partial charge in [0.1, 0.15) is 6.10 Å². The van der Waals surface area contributed by atoms with E-state index in [1.165, 1.54) is 0 Å². The van der Waals surface area contributed by atoms with Crippen molar-refractivity contribution in [3.63, 3.8) is 0 Å². The first-order valence-corrected chi connectivity index (χ1v) is 4.68. The van der Waals surface area contributed by atoms with Gasteiger partial charge in [-0.1, -0.05) is 0 Å². The molecule has 1 atom stereocenters. The van der Waals surface area contributed by atoms with Crippen LogP contribution in [0.25, 0.3) is 0 Å². The summed E-state index contributed by atoms with van der Waals surface area (Å²) in [6.45, 7) is -0.428. The molecular weight excluding hydrogens is 245 g/mol. The summed E-state index contributed by atoms with van der Waals surface area (Å²) >= 11 is 0. The van der Waals surface area contributed by atoms with Crippen LogP contribution in [0, 0.1) is 0 Å². The third-order valence-corrected chi connectivity index (χ3v) is 2.02. The summed E-state index contributed by atoms with van der Waals surface area (Å²) < 4.78 is 60.4. The molecule has 0 saturated heterocycles. The zero-order chi connectivity index (χ0) is 13.1. The molecule has 2 nitrogen and oxygen atoms in total. The number of hydrogen-bond acceptors (Lipinski definition) is 2. The maximum absolute atomic E-state index is 12.2. The van der Waals surface area contributed by atoms with Crippen molar-refractivity contribution >= 4 is 5.69 Å². The predicted octanol–water partition coefficient (Wildman–Crippen LogP) is 2.74. The van der Waals surface area contributed by atoms with Crippen LogP contribution in [0.3, 0.4) is 0 Å². The van der Waals surface area contributed by atoms with Crippen molar-refractivity contribution in [3.8, 4) is 0 Å². The van der Waals surface area contributed by atoms with Crippen molar-refractivity contribution in [3.05, 3.63) is 29.8 Å². The highest BCUT2D eigenvalue weighted by Gasteiger charge is 2.29. The molecule has 0 fully saturated rings. The van der Waals surface area contributed by atoms with Crippen LogP contribution < -0.4 is 5.32 Å². The Bertz CT molecular complexity index is 349. The molecule has 1 aromatic carbocycles. The number of aliphatic hydroxyl groups excluding tert-OH is 1. The Morgan fingerprint density at radius 1 is 1.12 bits per heavy atom. The van der Waals surface area contributed by atoms with Crippen molar-refractivity contribution in [2.24, 2.45) is 0 Å². The lowest BCUT2D eigenvalue weighted by atomic mass is 10.2. The first-order valence-electron chi connectivity index (χ1n) is 4.68. The lowest BCUT2D eigenvalue weighted by molar-refractivity contribution is -0.137. The second kappa shape index (κ2) is 5.31. The smallest absolute Gasteiger partial charge is 0.385 e. The summed E-state index contributed by atoms with van der Waals surface area (Å²) in [6, 6.07) is 3.89. The summed E-state index contributed by atoms with van der Waals surface area (Å²) in [5.41, 5.74) is -0.588. The van der Waals surface area contributed by atoms with Gasteiger partial charge in [-0.15, -0.1) is 0 Å². The summed E-state index contributed by atoms with van der Waals surface area (Å²) in [5.74, 6) is 0. The lowest BCUT2D eigenvalue weighted by Gasteiger charge is -2.12. The standard InChI is InChI=1S/C10H10F5NO/c11-9(12)8(17)5-16-7-3-1-6(2-4-7)10(13,14)15/h1-4,8-9,16-17H,5H2. The van der Waals surface area contributed by atoms with Gasteiger partial charge in [0.2, 0.25) is 0 Å². The molecule has 17 heavy (non-hydrogen) atoms. The third-order valence-electron chi connectivity index (χ3n) is 2.02. The van der Waals surface area contributed by atoms with Crippen molar-refractivity contribution in [2.45, 2.75) is 18.7 Å². The fourth-order valence-electron chi connectivity index (χ4n) is 1.09. The van der Waals surface area contributed by atoms with E-state index in [-0.39, 0.29) is 5.69 Å². The van der Waals surface area contributed by atoms with E-state index in [1.54, 1.807) is 0 Å². The third kappa shape index (κ3) is 4.18. The molecule has 1 unspecified atom stereocenters. The van der Waals surface area contributed by atoms with Crippen molar-refractivity contribution < 1.29 is 27.1 Å². The molecule has 96 valence electrons. The van der Waals surface area contributed by atoms with Gasteiger partial charge in [-0.2, -0.15) is 13.2 Å². The van der Waals surface area contributed by atoms with Crippen molar-refractivity contribution in [2.75, 3.05) is 11.9 Å². The number of benzene rings is 1. The molecule has 1 aromatic rings. The van der Waals surface area contributed by atoms with Gasteiger partial charge in [-0.3, -0.25) is 0 Å². The second-order valence-corrected chi connectivity index (χ2v) is 3.36.